The molecule has 4 atom stereocenters. The van der Waals surface area contributed by atoms with Crippen LogP contribution in [0.4, 0.5) is 0 Å². The third kappa shape index (κ3) is 4.51. The zero-order chi connectivity index (χ0) is 20.8. The second kappa shape index (κ2) is 9.18. The summed E-state index contributed by atoms with van der Waals surface area (Å²) in [6.45, 7) is 5.79. The molecule has 2 aliphatic carbocycles. The number of aliphatic hydroxyl groups is 2. The number of carbonyl (C=O) groups is 1. The van der Waals surface area contributed by atoms with Crippen molar-refractivity contribution in [1.82, 2.24) is 0 Å². The minimum Gasteiger partial charge on any atom is -0.478 e. The van der Waals surface area contributed by atoms with E-state index in [-0.39, 0.29) is 11.8 Å². The van der Waals surface area contributed by atoms with Gasteiger partial charge in [0.05, 0.1) is 0 Å². The summed E-state index contributed by atoms with van der Waals surface area (Å²) in [6, 6.07) is 0. The van der Waals surface area contributed by atoms with Crippen molar-refractivity contribution in [3.63, 3.8) is 0 Å². The van der Waals surface area contributed by atoms with E-state index in [9.17, 15) is 15.0 Å². The smallest absolute Gasteiger partial charge is 0.328 e. The molecule has 0 saturated heterocycles. The number of hydrogen-bond acceptors (Lipinski definition) is 3. The minimum absolute atomic E-state index is 0.111. The Kier molecular flexibility index (Phi) is 7.17. The molecule has 4 nitrogen and oxygen atoms in total. The topological polar surface area (TPSA) is 77.8 Å². The van der Waals surface area contributed by atoms with Gasteiger partial charge in [0.25, 0.3) is 0 Å². The zero-order valence-electron chi connectivity index (χ0n) is 16.7. The summed E-state index contributed by atoms with van der Waals surface area (Å²) in [4.78, 5) is 10.4. The summed E-state index contributed by atoms with van der Waals surface area (Å²) in [6.07, 6.45) is 22.1. The van der Waals surface area contributed by atoms with Crippen molar-refractivity contribution in [2.45, 2.75) is 44.8 Å². The molecule has 3 N–H and O–H groups in total. The SMILES string of the molecule is C/C=C(\C)[C@]1(O)C=C[C@@H]2CC(C)=CC[C@H]2[C@]1(O)/C=C/C=C\C=C\C=C\C(=O)O. The highest BCUT2D eigenvalue weighted by atomic mass is 16.4. The first-order valence-electron chi connectivity index (χ1n) is 9.60. The summed E-state index contributed by atoms with van der Waals surface area (Å²) in [5, 5.41) is 31.6. The molecule has 0 unspecified atom stereocenters. The Hall–Kier alpha value is -2.43. The Bertz CT molecular complexity index is 793. The molecule has 0 aromatic heterocycles. The average molecular weight is 382 g/mol. The molecule has 0 amide bonds. The van der Waals surface area contributed by atoms with Crippen LogP contribution in [0.1, 0.15) is 33.6 Å². The molecule has 0 radical (unpaired) electrons. The molecule has 0 aromatic carbocycles. The first-order valence-corrected chi connectivity index (χ1v) is 9.60. The lowest BCUT2D eigenvalue weighted by Crippen LogP contribution is -2.61. The van der Waals surface area contributed by atoms with Crippen LogP contribution in [-0.2, 0) is 4.79 Å². The van der Waals surface area contributed by atoms with Gasteiger partial charge < -0.3 is 15.3 Å². The fourth-order valence-electron chi connectivity index (χ4n) is 4.00. The number of allylic oxidation sites excluding steroid dienone is 10. The van der Waals surface area contributed by atoms with Crippen molar-refractivity contribution >= 4 is 5.97 Å². The molecule has 0 spiro atoms. The monoisotopic (exact) mass is 382 g/mol. The van der Waals surface area contributed by atoms with Crippen LogP contribution < -0.4 is 0 Å². The first kappa shape index (κ1) is 21.9. The largest absolute Gasteiger partial charge is 0.478 e. The lowest BCUT2D eigenvalue weighted by molar-refractivity contribution is -0.131. The number of rotatable bonds is 6. The van der Waals surface area contributed by atoms with Gasteiger partial charge in [-0.05, 0) is 57.3 Å². The number of carboxylic acid groups (broad SMARTS) is 1. The summed E-state index contributed by atoms with van der Waals surface area (Å²) in [7, 11) is 0. The fourth-order valence-corrected chi connectivity index (χ4v) is 4.00. The van der Waals surface area contributed by atoms with E-state index in [1.54, 1.807) is 42.5 Å². The van der Waals surface area contributed by atoms with Crippen LogP contribution in [0.5, 0.6) is 0 Å². The van der Waals surface area contributed by atoms with Gasteiger partial charge in [-0.3, -0.25) is 0 Å². The molecule has 0 bridgehead atoms. The van der Waals surface area contributed by atoms with Crippen LogP contribution in [-0.4, -0.2) is 32.5 Å². The van der Waals surface area contributed by atoms with Gasteiger partial charge in [-0.25, -0.2) is 4.79 Å². The highest BCUT2D eigenvalue weighted by molar-refractivity contribution is 5.80. The van der Waals surface area contributed by atoms with E-state index in [1.165, 1.54) is 11.6 Å². The van der Waals surface area contributed by atoms with Crippen molar-refractivity contribution in [3.8, 4) is 0 Å². The third-order valence-electron chi connectivity index (χ3n) is 5.73. The number of hydrogen-bond donors (Lipinski definition) is 3. The Labute approximate surface area is 167 Å². The second-order valence-electron chi connectivity index (χ2n) is 7.51. The maximum atomic E-state index is 11.7. The maximum Gasteiger partial charge on any atom is 0.328 e. The normalized spacial score (nSPS) is 33.9. The van der Waals surface area contributed by atoms with Crippen molar-refractivity contribution in [2.24, 2.45) is 11.8 Å². The van der Waals surface area contributed by atoms with E-state index in [0.717, 1.165) is 12.5 Å². The summed E-state index contributed by atoms with van der Waals surface area (Å²) >= 11 is 0. The van der Waals surface area contributed by atoms with Gasteiger partial charge in [0.2, 0.25) is 0 Å². The Morgan fingerprint density at radius 1 is 1.14 bits per heavy atom. The molecule has 0 aromatic rings. The Morgan fingerprint density at radius 2 is 1.79 bits per heavy atom. The molecule has 2 aliphatic rings. The van der Waals surface area contributed by atoms with Gasteiger partial charge in [-0.1, -0.05) is 60.3 Å². The standard InChI is InChI=1S/C24H30O4/c1-4-19(3)23(27)16-14-20-17-18(2)12-13-21(20)24(23,28)15-10-8-6-5-7-9-11-22(25)26/h4-12,14-16,20-21,27-28H,13,17H2,1-3H3,(H,25,26)/b7-5+,8-6-,11-9+,15-10+,19-4+/t20-,21-,23-,24-/m1/s1. The van der Waals surface area contributed by atoms with Gasteiger partial charge in [0.1, 0.15) is 11.2 Å². The van der Waals surface area contributed by atoms with Gasteiger partial charge >= 0.3 is 5.97 Å². The molecule has 0 fully saturated rings. The number of carboxylic acids is 1. The molecular weight excluding hydrogens is 352 g/mol. The van der Waals surface area contributed by atoms with E-state index < -0.39 is 17.2 Å². The van der Waals surface area contributed by atoms with Crippen molar-refractivity contribution in [1.29, 1.82) is 0 Å². The Balaban J connectivity index is 2.29. The summed E-state index contributed by atoms with van der Waals surface area (Å²) in [5.74, 6) is -0.916. The average Bonchev–Trinajstić information content (AvgIpc) is 2.66. The van der Waals surface area contributed by atoms with E-state index in [2.05, 4.69) is 13.0 Å². The minimum atomic E-state index is -1.45. The molecular formula is C24H30O4. The van der Waals surface area contributed by atoms with Gasteiger partial charge in [-0.15, -0.1) is 0 Å². The molecule has 4 heteroatoms. The third-order valence-corrected chi connectivity index (χ3v) is 5.73. The maximum absolute atomic E-state index is 11.7. The lowest BCUT2D eigenvalue weighted by atomic mass is 9.59. The van der Waals surface area contributed by atoms with E-state index in [1.807, 2.05) is 26.0 Å². The fraction of sp³-hybridized carbons (Fsp3) is 0.375. The highest BCUT2D eigenvalue weighted by Crippen LogP contribution is 2.49. The van der Waals surface area contributed by atoms with Crippen molar-refractivity contribution < 1.29 is 20.1 Å². The molecule has 150 valence electrons. The number of fused-ring (bicyclic) bond motifs is 1. The van der Waals surface area contributed by atoms with Crippen molar-refractivity contribution in [3.05, 3.63) is 84.1 Å². The van der Waals surface area contributed by atoms with Crippen LogP contribution in [0.15, 0.2) is 84.1 Å². The summed E-state index contributed by atoms with van der Waals surface area (Å²) < 4.78 is 0. The van der Waals surface area contributed by atoms with Crippen molar-refractivity contribution in [2.75, 3.05) is 0 Å². The lowest BCUT2D eigenvalue weighted by Gasteiger charge is -2.51. The van der Waals surface area contributed by atoms with Gasteiger partial charge in [0.15, 0.2) is 0 Å². The predicted octanol–water partition coefficient (Wildman–Crippen LogP) is 4.27. The van der Waals surface area contributed by atoms with E-state index in [4.69, 9.17) is 5.11 Å². The van der Waals surface area contributed by atoms with Gasteiger partial charge in [0, 0.05) is 12.0 Å². The van der Waals surface area contributed by atoms with Crippen LogP contribution in [0.2, 0.25) is 0 Å². The molecule has 28 heavy (non-hydrogen) atoms. The van der Waals surface area contributed by atoms with Crippen LogP contribution in [0.3, 0.4) is 0 Å². The van der Waals surface area contributed by atoms with E-state index >= 15 is 0 Å². The quantitative estimate of drug-likeness (QED) is 0.364. The molecule has 2 rings (SSSR count). The molecule has 0 saturated carbocycles. The second-order valence-corrected chi connectivity index (χ2v) is 7.51. The predicted molar refractivity (Wildman–Crippen MR) is 113 cm³/mol. The van der Waals surface area contributed by atoms with Crippen LogP contribution >= 0.6 is 0 Å². The zero-order valence-corrected chi connectivity index (χ0v) is 16.7. The molecule has 0 heterocycles. The van der Waals surface area contributed by atoms with Crippen LogP contribution in [0.25, 0.3) is 0 Å². The van der Waals surface area contributed by atoms with Gasteiger partial charge in [-0.2, -0.15) is 0 Å². The first-order chi connectivity index (χ1) is 13.2. The Morgan fingerprint density at radius 3 is 2.43 bits per heavy atom. The summed E-state index contributed by atoms with van der Waals surface area (Å²) in [5.41, 5.74) is -0.850. The van der Waals surface area contributed by atoms with E-state index in [0.29, 0.717) is 12.0 Å². The number of aliphatic carboxylic acids is 1. The molecule has 0 aliphatic heterocycles. The van der Waals surface area contributed by atoms with Crippen LogP contribution in [0, 0.1) is 11.8 Å². The highest BCUT2D eigenvalue weighted by Gasteiger charge is 2.56.